The minimum absolute atomic E-state index is 0.197. The van der Waals surface area contributed by atoms with E-state index < -0.39 is 6.09 Å². The number of likely N-dealkylation sites (N-methyl/N-ethyl adjacent to an activating group) is 1. The minimum Gasteiger partial charge on any atom is -0.462 e. The van der Waals surface area contributed by atoms with Crippen molar-refractivity contribution in [2.45, 2.75) is 57.8 Å². The predicted molar refractivity (Wildman–Crippen MR) is 186 cm³/mol. The molecule has 2 atom stereocenters. The van der Waals surface area contributed by atoms with Crippen LogP contribution in [-0.4, -0.2) is 84.3 Å². The fourth-order valence-corrected chi connectivity index (χ4v) is 7.30. The number of piperazine rings is 1. The first-order chi connectivity index (χ1) is 23.5. The van der Waals surface area contributed by atoms with Crippen molar-refractivity contribution in [3.8, 4) is 12.1 Å². The highest BCUT2D eigenvalue weighted by atomic mass is 16.6. The Morgan fingerprint density at radius 3 is 2.67 bits per heavy atom. The fourth-order valence-electron chi connectivity index (χ4n) is 7.30. The van der Waals surface area contributed by atoms with Gasteiger partial charge in [-0.05, 0) is 62.9 Å². The maximum absolute atomic E-state index is 13.2. The lowest BCUT2D eigenvalue weighted by molar-refractivity contribution is 0.0767. The molecule has 7 rings (SSSR count). The second-order valence-corrected chi connectivity index (χ2v) is 13.2. The number of amides is 1. The summed E-state index contributed by atoms with van der Waals surface area (Å²) in [4.78, 5) is 32.0. The molecule has 2 saturated heterocycles. The van der Waals surface area contributed by atoms with Crippen LogP contribution in [0, 0.1) is 18.3 Å². The molecule has 0 spiro atoms. The Morgan fingerprint density at radius 1 is 0.979 bits per heavy atom. The molecule has 10 heteroatoms. The zero-order valence-electron chi connectivity index (χ0n) is 27.8. The Morgan fingerprint density at radius 2 is 1.85 bits per heavy atom. The number of rotatable bonds is 8. The van der Waals surface area contributed by atoms with Crippen molar-refractivity contribution in [3.05, 3.63) is 89.1 Å². The SMILES string of the molecule is Cc1ccc2cccc(N3CCc4c(nc(OC[C@@H]5CCCN5C)nc4N4CCN(C(=O)OCc5ccccc5)[C@@H](CC#N)C4)C3)c2c1. The summed E-state index contributed by atoms with van der Waals surface area (Å²) >= 11 is 0. The largest absolute Gasteiger partial charge is 0.462 e. The first-order valence-electron chi connectivity index (χ1n) is 17.0. The van der Waals surface area contributed by atoms with Gasteiger partial charge in [-0.25, -0.2) is 4.79 Å². The maximum atomic E-state index is 13.2. The molecule has 3 aromatic carbocycles. The van der Waals surface area contributed by atoms with Gasteiger partial charge in [0.2, 0.25) is 0 Å². The van der Waals surface area contributed by atoms with Crippen molar-refractivity contribution in [2.24, 2.45) is 0 Å². The van der Waals surface area contributed by atoms with Crippen LogP contribution in [0.3, 0.4) is 0 Å². The van der Waals surface area contributed by atoms with Crippen LogP contribution in [0.2, 0.25) is 0 Å². The second-order valence-electron chi connectivity index (χ2n) is 13.2. The molecule has 48 heavy (non-hydrogen) atoms. The monoisotopic (exact) mass is 645 g/mol. The summed E-state index contributed by atoms with van der Waals surface area (Å²) in [6, 6.07) is 25.5. The van der Waals surface area contributed by atoms with Crippen LogP contribution < -0.4 is 14.5 Å². The lowest BCUT2D eigenvalue weighted by Crippen LogP contribution is -2.55. The molecule has 0 radical (unpaired) electrons. The molecule has 0 N–H and O–H groups in total. The van der Waals surface area contributed by atoms with E-state index in [1.165, 1.54) is 28.4 Å². The molecule has 1 aromatic heterocycles. The highest BCUT2D eigenvalue weighted by molar-refractivity contribution is 5.95. The molecule has 4 heterocycles. The Balaban J connectivity index is 1.15. The van der Waals surface area contributed by atoms with Gasteiger partial charge in [0, 0.05) is 48.9 Å². The van der Waals surface area contributed by atoms with Gasteiger partial charge in [0.05, 0.1) is 30.8 Å². The standard InChI is InChI=1S/C38H43N7O3/c1-27-13-14-29-10-6-12-35(33(29)22-27)43-19-16-32-34(24-43)40-37(47-26-31-11-7-18-42(31)2)41-36(32)44-20-21-45(30(23-44)15-17-39)38(46)48-25-28-8-4-3-5-9-28/h3-6,8-10,12-14,22,30-31H,7,11,15-16,18-21,23-26H2,1-2H3/t30-,31-/m0/s1. The van der Waals surface area contributed by atoms with E-state index in [9.17, 15) is 10.1 Å². The summed E-state index contributed by atoms with van der Waals surface area (Å²) in [7, 11) is 2.14. The number of ether oxygens (including phenoxy) is 2. The summed E-state index contributed by atoms with van der Waals surface area (Å²) in [5, 5.41) is 12.2. The van der Waals surface area contributed by atoms with E-state index in [0.29, 0.717) is 44.8 Å². The van der Waals surface area contributed by atoms with Gasteiger partial charge >= 0.3 is 12.1 Å². The molecule has 1 amide bonds. The number of carbonyl (C=O) groups is 1. The molecule has 10 nitrogen and oxygen atoms in total. The van der Waals surface area contributed by atoms with E-state index in [1.54, 1.807) is 4.90 Å². The maximum Gasteiger partial charge on any atom is 0.410 e. The number of hydrogen-bond donors (Lipinski definition) is 0. The van der Waals surface area contributed by atoms with Gasteiger partial charge in [0.15, 0.2) is 0 Å². The van der Waals surface area contributed by atoms with Crippen LogP contribution in [-0.2, 0) is 24.3 Å². The van der Waals surface area contributed by atoms with Crippen LogP contribution in [0.4, 0.5) is 16.3 Å². The Hall–Kier alpha value is -4.88. The molecular weight excluding hydrogens is 602 g/mol. The van der Waals surface area contributed by atoms with Gasteiger partial charge in [-0.15, -0.1) is 0 Å². The van der Waals surface area contributed by atoms with Gasteiger partial charge in [0.1, 0.15) is 19.0 Å². The highest BCUT2D eigenvalue weighted by Gasteiger charge is 2.35. The van der Waals surface area contributed by atoms with Gasteiger partial charge in [-0.1, -0.05) is 60.2 Å². The molecule has 0 saturated carbocycles. The van der Waals surface area contributed by atoms with E-state index in [-0.39, 0.29) is 19.1 Å². The fraction of sp³-hybridized carbons (Fsp3) is 0.421. The molecular formula is C38H43N7O3. The third-order valence-corrected chi connectivity index (χ3v) is 10.0. The average Bonchev–Trinajstić information content (AvgIpc) is 3.53. The quantitative estimate of drug-likeness (QED) is 0.239. The number of benzene rings is 3. The zero-order valence-corrected chi connectivity index (χ0v) is 27.8. The van der Waals surface area contributed by atoms with E-state index >= 15 is 0 Å². The number of anilines is 2. The number of nitriles is 1. The molecule has 3 aliphatic heterocycles. The summed E-state index contributed by atoms with van der Waals surface area (Å²) in [5.41, 5.74) is 5.45. The van der Waals surface area contributed by atoms with E-state index in [0.717, 1.165) is 48.6 Å². The number of nitrogens with zero attached hydrogens (tertiary/aromatic N) is 7. The van der Waals surface area contributed by atoms with E-state index in [4.69, 9.17) is 19.4 Å². The minimum atomic E-state index is -0.394. The molecule has 2 fully saturated rings. The van der Waals surface area contributed by atoms with Crippen LogP contribution >= 0.6 is 0 Å². The zero-order chi connectivity index (χ0) is 33.0. The van der Waals surface area contributed by atoms with E-state index in [2.05, 4.69) is 71.1 Å². The van der Waals surface area contributed by atoms with Crippen LogP contribution in [0.25, 0.3) is 10.8 Å². The van der Waals surface area contributed by atoms with E-state index in [1.807, 2.05) is 30.3 Å². The topological polar surface area (TPSA) is 98.1 Å². The van der Waals surface area contributed by atoms with Gasteiger partial charge < -0.3 is 29.1 Å². The lowest BCUT2D eigenvalue weighted by atomic mass is 10.0. The summed E-state index contributed by atoms with van der Waals surface area (Å²) < 4.78 is 12.0. The number of likely N-dealkylation sites (tertiary alicyclic amines) is 1. The van der Waals surface area contributed by atoms with Crippen molar-refractivity contribution in [3.63, 3.8) is 0 Å². The number of aromatic nitrogens is 2. The molecule has 0 aliphatic carbocycles. The molecule has 248 valence electrons. The number of carbonyl (C=O) groups excluding carboxylic acids is 1. The molecule has 0 unspecified atom stereocenters. The van der Waals surface area contributed by atoms with Gasteiger partial charge in [-0.2, -0.15) is 15.2 Å². The first kappa shape index (κ1) is 31.7. The normalized spacial score (nSPS) is 19.6. The molecule has 3 aliphatic rings. The summed E-state index contributed by atoms with van der Waals surface area (Å²) in [6.07, 6.45) is 2.85. The van der Waals surface area contributed by atoms with Crippen molar-refractivity contribution >= 4 is 28.4 Å². The second kappa shape index (κ2) is 14.1. The Labute approximate surface area is 282 Å². The summed E-state index contributed by atoms with van der Waals surface area (Å²) in [5.74, 6) is 0.850. The highest BCUT2D eigenvalue weighted by Crippen LogP contribution is 2.35. The number of aryl methyl sites for hydroxylation is 1. The number of fused-ring (bicyclic) bond motifs is 2. The Kier molecular flexibility index (Phi) is 9.30. The summed E-state index contributed by atoms with van der Waals surface area (Å²) in [6.45, 7) is 6.90. The van der Waals surface area contributed by atoms with Crippen molar-refractivity contribution in [1.82, 2.24) is 19.8 Å². The van der Waals surface area contributed by atoms with Crippen molar-refractivity contribution in [1.29, 1.82) is 5.26 Å². The van der Waals surface area contributed by atoms with Crippen LogP contribution in [0.15, 0.2) is 66.7 Å². The van der Waals surface area contributed by atoms with Crippen LogP contribution in [0.1, 0.15) is 41.6 Å². The predicted octanol–water partition coefficient (Wildman–Crippen LogP) is 5.72. The lowest BCUT2D eigenvalue weighted by Gasteiger charge is -2.42. The van der Waals surface area contributed by atoms with Crippen molar-refractivity contribution < 1.29 is 14.3 Å². The number of hydrogen-bond acceptors (Lipinski definition) is 9. The molecule has 4 aromatic rings. The van der Waals surface area contributed by atoms with Gasteiger partial charge in [0.25, 0.3) is 0 Å². The first-order valence-corrected chi connectivity index (χ1v) is 17.0. The van der Waals surface area contributed by atoms with Crippen LogP contribution in [0.5, 0.6) is 6.01 Å². The third-order valence-electron chi connectivity index (χ3n) is 10.0. The molecule has 0 bridgehead atoms. The Bertz CT molecular complexity index is 1810. The third kappa shape index (κ3) is 6.74. The van der Waals surface area contributed by atoms with Crippen molar-refractivity contribution in [2.75, 3.05) is 56.2 Å². The van der Waals surface area contributed by atoms with Gasteiger partial charge in [-0.3, -0.25) is 0 Å². The smallest absolute Gasteiger partial charge is 0.410 e. The average molecular weight is 646 g/mol.